The highest BCUT2D eigenvalue weighted by Gasteiger charge is 2.14. The molecule has 0 aliphatic heterocycles. The Bertz CT molecular complexity index is 1080. The number of thioether (sulfide) groups is 1. The monoisotopic (exact) mass is 457 g/mol. The van der Waals surface area contributed by atoms with E-state index in [1.165, 1.54) is 18.0 Å². The van der Waals surface area contributed by atoms with Crippen molar-refractivity contribution in [3.63, 3.8) is 0 Å². The van der Waals surface area contributed by atoms with Crippen molar-refractivity contribution in [3.05, 3.63) is 59.8 Å². The second kappa shape index (κ2) is 11.1. The first-order valence-electron chi connectivity index (χ1n) is 9.87. The summed E-state index contributed by atoms with van der Waals surface area (Å²) in [4.78, 5) is 36.3. The molecule has 11 heteroatoms. The molecule has 0 bridgehead atoms. The summed E-state index contributed by atoms with van der Waals surface area (Å²) in [7, 11) is 1.75. The van der Waals surface area contributed by atoms with Gasteiger partial charge in [0.05, 0.1) is 30.7 Å². The number of carbonyl (C=O) groups excluding carboxylic acids is 3. The van der Waals surface area contributed by atoms with Gasteiger partial charge in [-0.15, -0.1) is 10.2 Å². The number of carbonyl (C=O) groups is 3. The number of nitrogens with zero attached hydrogens (tertiary/aromatic N) is 3. The van der Waals surface area contributed by atoms with E-state index < -0.39 is 5.97 Å². The molecule has 0 saturated heterocycles. The van der Waals surface area contributed by atoms with Crippen LogP contribution in [0.4, 0.5) is 5.69 Å². The number of amides is 2. The molecule has 2 N–H and O–H groups in total. The molecule has 3 aromatic rings. The number of furan rings is 1. The van der Waals surface area contributed by atoms with Gasteiger partial charge in [-0.05, 0) is 36.8 Å². The van der Waals surface area contributed by atoms with Crippen molar-refractivity contribution in [1.29, 1.82) is 0 Å². The number of benzene rings is 1. The van der Waals surface area contributed by atoms with Crippen LogP contribution in [-0.4, -0.2) is 44.9 Å². The zero-order valence-corrected chi connectivity index (χ0v) is 18.5. The summed E-state index contributed by atoms with van der Waals surface area (Å²) in [6, 6.07) is 9.77. The van der Waals surface area contributed by atoms with Crippen LogP contribution in [0.5, 0.6) is 0 Å². The molecule has 3 rings (SSSR count). The van der Waals surface area contributed by atoms with Crippen LogP contribution in [0, 0.1) is 0 Å². The standard InChI is InChI=1S/C21H23N5O5S/c1-3-9-31-20(29)14-6-4-7-15(11-14)23-18(27)13-32-21-25-24-17(26(21)2)12-22-19(28)16-8-5-10-30-16/h4-8,10-11H,3,9,12-13H2,1-2H3,(H,22,28)(H,23,27). The summed E-state index contributed by atoms with van der Waals surface area (Å²) in [5, 5.41) is 14.1. The van der Waals surface area contributed by atoms with E-state index in [0.717, 1.165) is 6.42 Å². The average Bonchev–Trinajstić information content (AvgIpc) is 3.45. The van der Waals surface area contributed by atoms with Gasteiger partial charge in [-0.2, -0.15) is 0 Å². The Labute approximate surface area is 188 Å². The Balaban J connectivity index is 1.50. The number of ether oxygens (including phenoxy) is 1. The third-order valence-electron chi connectivity index (χ3n) is 4.23. The third-order valence-corrected chi connectivity index (χ3v) is 5.25. The summed E-state index contributed by atoms with van der Waals surface area (Å²) in [5.74, 6) is -0.206. The molecule has 0 aliphatic rings. The molecule has 2 heterocycles. The second-order valence-corrected chi connectivity index (χ2v) is 7.61. The molecule has 1 aromatic carbocycles. The predicted molar refractivity (Wildman–Crippen MR) is 117 cm³/mol. The van der Waals surface area contributed by atoms with Crippen LogP contribution in [0.2, 0.25) is 0 Å². The highest BCUT2D eigenvalue weighted by atomic mass is 32.2. The fourth-order valence-electron chi connectivity index (χ4n) is 2.61. The molecule has 10 nitrogen and oxygen atoms in total. The Hall–Kier alpha value is -3.60. The van der Waals surface area contributed by atoms with Gasteiger partial charge in [0.15, 0.2) is 16.7 Å². The number of nitrogens with one attached hydrogen (secondary N) is 2. The van der Waals surface area contributed by atoms with Gasteiger partial charge in [0.2, 0.25) is 5.91 Å². The quantitative estimate of drug-likeness (QED) is 0.351. The first-order chi connectivity index (χ1) is 15.5. The number of hydrogen-bond donors (Lipinski definition) is 2. The van der Waals surface area contributed by atoms with Gasteiger partial charge in [-0.25, -0.2) is 4.79 Å². The van der Waals surface area contributed by atoms with E-state index in [2.05, 4.69) is 20.8 Å². The number of hydrogen-bond acceptors (Lipinski definition) is 8. The van der Waals surface area contributed by atoms with Gasteiger partial charge in [0, 0.05) is 12.7 Å². The molecule has 2 amide bonds. The van der Waals surface area contributed by atoms with Crippen LogP contribution in [0.25, 0.3) is 0 Å². The van der Waals surface area contributed by atoms with Crippen LogP contribution in [0.1, 0.15) is 40.1 Å². The van der Waals surface area contributed by atoms with Crippen molar-refractivity contribution in [3.8, 4) is 0 Å². The molecule has 32 heavy (non-hydrogen) atoms. The second-order valence-electron chi connectivity index (χ2n) is 6.67. The topological polar surface area (TPSA) is 128 Å². The highest BCUT2D eigenvalue weighted by molar-refractivity contribution is 7.99. The molecular formula is C21H23N5O5S. The molecular weight excluding hydrogens is 434 g/mol. The van der Waals surface area contributed by atoms with Gasteiger partial charge in [0.25, 0.3) is 5.91 Å². The van der Waals surface area contributed by atoms with E-state index >= 15 is 0 Å². The lowest BCUT2D eigenvalue weighted by molar-refractivity contribution is -0.113. The fraction of sp³-hybridized carbons (Fsp3) is 0.286. The van der Waals surface area contributed by atoms with E-state index in [9.17, 15) is 14.4 Å². The van der Waals surface area contributed by atoms with Gasteiger partial charge >= 0.3 is 5.97 Å². The molecule has 168 valence electrons. The van der Waals surface area contributed by atoms with Gasteiger partial charge in [-0.3, -0.25) is 9.59 Å². The van der Waals surface area contributed by atoms with Crippen LogP contribution in [0.3, 0.4) is 0 Å². The van der Waals surface area contributed by atoms with E-state index in [1.54, 1.807) is 48.0 Å². The van der Waals surface area contributed by atoms with E-state index in [1.807, 2.05) is 6.92 Å². The van der Waals surface area contributed by atoms with Crippen LogP contribution >= 0.6 is 11.8 Å². The fourth-order valence-corrected chi connectivity index (χ4v) is 3.34. The zero-order chi connectivity index (χ0) is 22.9. The summed E-state index contributed by atoms with van der Waals surface area (Å²) in [5.41, 5.74) is 0.874. The van der Waals surface area contributed by atoms with Crippen molar-refractivity contribution in [1.82, 2.24) is 20.1 Å². The average molecular weight is 458 g/mol. The SMILES string of the molecule is CCCOC(=O)c1cccc(NC(=O)CSc2nnc(CNC(=O)c3ccco3)n2C)c1. The van der Waals surface area contributed by atoms with Crippen molar-refractivity contribution in [2.75, 3.05) is 17.7 Å². The molecule has 0 spiro atoms. The molecule has 2 aromatic heterocycles. The van der Waals surface area contributed by atoms with E-state index in [4.69, 9.17) is 9.15 Å². The summed E-state index contributed by atoms with van der Waals surface area (Å²) < 4.78 is 11.8. The number of anilines is 1. The van der Waals surface area contributed by atoms with Crippen molar-refractivity contribution in [2.24, 2.45) is 7.05 Å². The summed E-state index contributed by atoms with van der Waals surface area (Å²) in [6.07, 6.45) is 2.16. The van der Waals surface area contributed by atoms with Gasteiger partial charge in [0.1, 0.15) is 0 Å². The van der Waals surface area contributed by atoms with Gasteiger partial charge < -0.3 is 24.4 Å². The van der Waals surface area contributed by atoms with Crippen molar-refractivity contribution in [2.45, 2.75) is 25.0 Å². The normalized spacial score (nSPS) is 10.6. The maximum atomic E-state index is 12.3. The maximum Gasteiger partial charge on any atom is 0.338 e. The van der Waals surface area contributed by atoms with Crippen molar-refractivity contribution >= 4 is 35.2 Å². The minimum absolute atomic E-state index is 0.0925. The summed E-state index contributed by atoms with van der Waals surface area (Å²) in [6.45, 7) is 2.42. The zero-order valence-electron chi connectivity index (χ0n) is 17.7. The lowest BCUT2D eigenvalue weighted by Gasteiger charge is -2.08. The molecule has 0 fully saturated rings. The lowest BCUT2D eigenvalue weighted by atomic mass is 10.2. The van der Waals surface area contributed by atoms with Crippen molar-refractivity contribution < 1.29 is 23.5 Å². The minimum atomic E-state index is -0.428. The number of esters is 1. The minimum Gasteiger partial charge on any atom is -0.462 e. The molecule has 0 radical (unpaired) electrons. The first kappa shape index (κ1) is 23.1. The van der Waals surface area contributed by atoms with Crippen LogP contribution < -0.4 is 10.6 Å². The predicted octanol–water partition coefficient (Wildman–Crippen LogP) is 2.64. The van der Waals surface area contributed by atoms with Crippen LogP contribution in [-0.2, 0) is 23.1 Å². The molecule has 0 unspecified atom stereocenters. The highest BCUT2D eigenvalue weighted by Crippen LogP contribution is 2.17. The first-order valence-corrected chi connectivity index (χ1v) is 10.9. The Morgan fingerprint density at radius 2 is 2.03 bits per heavy atom. The molecule has 0 aliphatic carbocycles. The van der Waals surface area contributed by atoms with Crippen LogP contribution in [0.15, 0.2) is 52.2 Å². The number of rotatable bonds is 10. The maximum absolute atomic E-state index is 12.3. The largest absolute Gasteiger partial charge is 0.462 e. The smallest absolute Gasteiger partial charge is 0.338 e. The number of aromatic nitrogens is 3. The lowest BCUT2D eigenvalue weighted by Crippen LogP contribution is -2.24. The Morgan fingerprint density at radius 3 is 2.78 bits per heavy atom. The van der Waals surface area contributed by atoms with Gasteiger partial charge in [-0.1, -0.05) is 24.8 Å². The van der Waals surface area contributed by atoms with E-state index in [0.29, 0.717) is 28.8 Å². The van der Waals surface area contributed by atoms with E-state index in [-0.39, 0.29) is 29.9 Å². The molecule has 0 saturated carbocycles. The third kappa shape index (κ3) is 6.20. The Kier molecular flexibility index (Phi) is 8.03. The molecule has 0 atom stereocenters. The Morgan fingerprint density at radius 1 is 1.19 bits per heavy atom. The summed E-state index contributed by atoms with van der Waals surface area (Å²) >= 11 is 1.20.